The van der Waals surface area contributed by atoms with Gasteiger partial charge in [0, 0.05) is 32.1 Å². The second kappa shape index (κ2) is 13.2. The van der Waals surface area contributed by atoms with E-state index in [2.05, 4.69) is 0 Å². The highest BCUT2D eigenvalue weighted by molar-refractivity contribution is 6.67. The molecule has 0 spiro atoms. The van der Waals surface area contributed by atoms with Gasteiger partial charge in [0.1, 0.15) is 30.5 Å². The summed E-state index contributed by atoms with van der Waals surface area (Å²) in [5.74, 6) is -4.97. The molecule has 3 fully saturated rings. The molecule has 2 N–H and O–H groups in total. The Bertz CT molecular complexity index is 1610. The Morgan fingerprint density at radius 3 is 2.18 bits per heavy atom. The van der Waals surface area contributed by atoms with Crippen LogP contribution >= 0.6 is 34.8 Å². The van der Waals surface area contributed by atoms with Crippen molar-refractivity contribution in [2.75, 3.05) is 13.2 Å². The molecule has 3 aliphatic carbocycles. The number of benzene rings is 1. The summed E-state index contributed by atoms with van der Waals surface area (Å²) in [6, 6.07) is 7.85. The van der Waals surface area contributed by atoms with Crippen molar-refractivity contribution in [2.24, 2.45) is 16.7 Å². The van der Waals surface area contributed by atoms with Crippen molar-refractivity contribution < 1.29 is 62.6 Å². The number of rotatable bonds is 6. The number of aliphatic hydroxyl groups excluding tert-OH is 1. The van der Waals surface area contributed by atoms with Crippen molar-refractivity contribution in [3.63, 3.8) is 0 Å². The van der Waals surface area contributed by atoms with E-state index in [0.717, 1.165) is 13.8 Å². The van der Waals surface area contributed by atoms with E-state index < -0.39 is 105 Å². The molecule has 274 valence electrons. The quantitative estimate of drug-likeness (QED) is 0.183. The second-order valence-electron chi connectivity index (χ2n) is 14.0. The van der Waals surface area contributed by atoms with E-state index in [1.165, 1.54) is 26.0 Å². The minimum Gasteiger partial charge on any atom is -0.455 e. The van der Waals surface area contributed by atoms with Gasteiger partial charge in [0.05, 0.1) is 29.6 Å². The molecule has 13 nitrogen and oxygen atoms in total. The maximum absolute atomic E-state index is 15.4. The van der Waals surface area contributed by atoms with Gasteiger partial charge in [0.2, 0.25) is 3.79 Å². The molecular weight excluding hydrogens is 723 g/mol. The van der Waals surface area contributed by atoms with E-state index in [1.807, 2.05) is 0 Å². The van der Waals surface area contributed by atoms with Crippen molar-refractivity contribution in [2.45, 2.75) is 99.9 Å². The fourth-order valence-electron chi connectivity index (χ4n) is 8.35. The fraction of sp³-hybridized carbons (Fsp3) is 0.618. The number of ether oxygens (including phenoxy) is 6. The standard InChI is InChI=1S/C34H39Cl3O13/c1-16-20(40)13-33(44)27(49-28(42)19-10-8-7-9-11-19)25-31(6,26(41)24(47-17(2)38)23(16)30(33,4)5)21(48-29(43)46-15-34(35,36)37)12-22-32(25,14-45-22)50-18(3)39/h7-11,20-22,24-25,27,40,44H,12-15H2,1-6H3/t20-,21-,22+,24+,25-,27-,31+,32-,33+/m0/s1. The predicted octanol–water partition coefficient (Wildman–Crippen LogP) is 4.18. The highest BCUT2D eigenvalue weighted by Gasteiger charge is 2.79. The van der Waals surface area contributed by atoms with Gasteiger partial charge in [-0.3, -0.25) is 14.4 Å². The third kappa shape index (κ3) is 6.28. The topological polar surface area (TPSA) is 181 Å². The number of aliphatic hydroxyl groups is 2. The van der Waals surface area contributed by atoms with E-state index in [1.54, 1.807) is 32.0 Å². The fourth-order valence-corrected chi connectivity index (χ4v) is 8.51. The Labute approximate surface area is 303 Å². The van der Waals surface area contributed by atoms with Crippen LogP contribution in [-0.2, 0) is 42.8 Å². The summed E-state index contributed by atoms with van der Waals surface area (Å²) in [4.78, 5) is 68.0. The molecule has 0 radical (unpaired) electrons. The lowest BCUT2D eigenvalue weighted by Crippen LogP contribution is -2.82. The number of ketones is 1. The molecule has 1 saturated heterocycles. The molecule has 2 bridgehead atoms. The number of hydrogen-bond donors (Lipinski definition) is 2. The monoisotopic (exact) mass is 760 g/mol. The predicted molar refractivity (Wildman–Crippen MR) is 175 cm³/mol. The summed E-state index contributed by atoms with van der Waals surface area (Å²) in [5, 5.41) is 24.6. The molecule has 4 aliphatic rings. The van der Waals surface area contributed by atoms with Crippen LogP contribution in [-0.4, -0.2) is 98.8 Å². The van der Waals surface area contributed by atoms with Crippen LogP contribution in [0, 0.1) is 16.7 Å². The van der Waals surface area contributed by atoms with Crippen molar-refractivity contribution in [1.82, 2.24) is 0 Å². The molecule has 5 rings (SSSR count). The molecule has 0 aromatic heterocycles. The Balaban J connectivity index is 1.82. The Kier molecular flexibility index (Phi) is 10.1. The smallest absolute Gasteiger partial charge is 0.455 e. The number of alkyl halides is 3. The number of halogens is 3. The van der Waals surface area contributed by atoms with Gasteiger partial charge in [-0.2, -0.15) is 0 Å². The van der Waals surface area contributed by atoms with Crippen molar-refractivity contribution in [3.05, 3.63) is 47.0 Å². The molecule has 1 aromatic carbocycles. The van der Waals surface area contributed by atoms with Crippen LogP contribution in [0.2, 0.25) is 0 Å². The van der Waals surface area contributed by atoms with Crippen molar-refractivity contribution in [1.29, 1.82) is 0 Å². The van der Waals surface area contributed by atoms with Crippen LogP contribution in [0.25, 0.3) is 0 Å². The first kappa shape index (κ1) is 38.3. The molecular formula is C34H39Cl3O13. The molecule has 1 heterocycles. The Morgan fingerprint density at radius 2 is 1.64 bits per heavy atom. The van der Waals surface area contributed by atoms with Crippen LogP contribution < -0.4 is 0 Å². The van der Waals surface area contributed by atoms with Gasteiger partial charge in [-0.15, -0.1) is 0 Å². The molecule has 0 unspecified atom stereocenters. The zero-order valence-corrected chi connectivity index (χ0v) is 30.5. The first-order valence-corrected chi connectivity index (χ1v) is 17.0. The lowest BCUT2D eigenvalue weighted by molar-refractivity contribution is -0.346. The summed E-state index contributed by atoms with van der Waals surface area (Å²) < 4.78 is 32.7. The summed E-state index contributed by atoms with van der Waals surface area (Å²) in [7, 11) is 0. The Hall–Kier alpha value is -2.94. The van der Waals surface area contributed by atoms with Gasteiger partial charge in [0.15, 0.2) is 17.5 Å². The first-order valence-electron chi connectivity index (χ1n) is 15.9. The number of hydrogen-bond acceptors (Lipinski definition) is 13. The highest BCUT2D eigenvalue weighted by Crippen LogP contribution is 2.64. The van der Waals surface area contributed by atoms with Crippen LogP contribution in [0.3, 0.4) is 0 Å². The third-order valence-electron chi connectivity index (χ3n) is 10.8. The van der Waals surface area contributed by atoms with Gasteiger partial charge < -0.3 is 38.6 Å². The molecule has 50 heavy (non-hydrogen) atoms. The van der Waals surface area contributed by atoms with Gasteiger partial charge in [-0.25, -0.2) is 9.59 Å². The second-order valence-corrected chi connectivity index (χ2v) is 16.5. The van der Waals surface area contributed by atoms with Crippen LogP contribution in [0.4, 0.5) is 4.79 Å². The first-order chi connectivity index (χ1) is 23.1. The van der Waals surface area contributed by atoms with E-state index in [0.29, 0.717) is 0 Å². The van der Waals surface area contributed by atoms with E-state index in [4.69, 9.17) is 63.2 Å². The molecule has 16 heteroatoms. The van der Waals surface area contributed by atoms with Crippen LogP contribution in [0.1, 0.15) is 64.7 Å². The normalized spacial score (nSPS) is 35.9. The van der Waals surface area contributed by atoms with Crippen molar-refractivity contribution in [3.8, 4) is 0 Å². The number of carbonyl (C=O) groups is 5. The third-order valence-corrected chi connectivity index (χ3v) is 11.1. The minimum absolute atomic E-state index is 0.0606. The summed E-state index contributed by atoms with van der Waals surface area (Å²) in [5.41, 5.74) is -7.26. The summed E-state index contributed by atoms with van der Waals surface area (Å²) in [6.45, 7) is 7.27. The maximum Gasteiger partial charge on any atom is 0.508 e. The highest BCUT2D eigenvalue weighted by atomic mass is 35.6. The number of carbonyl (C=O) groups excluding carboxylic acids is 5. The number of esters is 3. The van der Waals surface area contributed by atoms with Crippen LogP contribution in [0.15, 0.2) is 41.5 Å². The largest absolute Gasteiger partial charge is 0.508 e. The number of fused-ring (bicyclic) bond motifs is 5. The lowest BCUT2D eigenvalue weighted by Gasteiger charge is -2.67. The average molecular weight is 762 g/mol. The zero-order valence-electron chi connectivity index (χ0n) is 28.2. The van der Waals surface area contributed by atoms with Crippen LogP contribution in [0.5, 0.6) is 0 Å². The summed E-state index contributed by atoms with van der Waals surface area (Å²) >= 11 is 17.3. The zero-order chi connectivity index (χ0) is 37.2. The number of Topliss-reactive ketones (excluding diaryl/α,β-unsaturated/α-hetero) is 1. The molecule has 2 saturated carbocycles. The SMILES string of the molecule is CC(=O)O[C@H]1C(=O)[C@]2(C)[C@@H](OC(=O)OCC(Cl)(Cl)Cl)C[C@H]3OC[C@@]3(OC(C)=O)[C@H]2[C@H](OC(=O)c2ccccc2)[C@]2(O)C[C@H](O)C(C)=C1C2(C)C. The van der Waals surface area contributed by atoms with Gasteiger partial charge in [-0.1, -0.05) is 66.8 Å². The minimum atomic E-state index is -2.25. The van der Waals surface area contributed by atoms with Crippen molar-refractivity contribution >= 4 is 64.6 Å². The van der Waals surface area contributed by atoms with E-state index in [-0.39, 0.29) is 29.7 Å². The molecule has 0 amide bonds. The molecule has 1 aliphatic heterocycles. The van der Waals surface area contributed by atoms with E-state index in [9.17, 15) is 29.4 Å². The van der Waals surface area contributed by atoms with E-state index >= 15 is 4.79 Å². The van der Waals surface area contributed by atoms with Gasteiger partial charge in [-0.05, 0) is 37.1 Å². The summed E-state index contributed by atoms with van der Waals surface area (Å²) in [6.07, 6.45) is -9.52. The lowest BCUT2D eigenvalue weighted by atomic mass is 9.44. The molecule has 9 atom stereocenters. The molecule has 1 aromatic rings. The van der Waals surface area contributed by atoms with Gasteiger partial charge in [0.25, 0.3) is 0 Å². The van der Waals surface area contributed by atoms with Gasteiger partial charge >= 0.3 is 24.1 Å². The average Bonchev–Trinajstić information content (AvgIpc) is 3.01. The maximum atomic E-state index is 15.4. The Morgan fingerprint density at radius 1 is 1.00 bits per heavy atom.